The van der Waals surface area contributed by atoms with Crippen molar-refractivity contribution in [1.29, 1.82) is 0 Å². The molecule has 2 nitrogen and oxygen atoms in total. The zero-order valence-corrected chi connectivity index (χ0v) is 12.1. The molecule has 114 valence electrons. The smallest absolute Gasteiger partial charge is 0.338 e. The van der Waals surface area contributed by atoms with Gasteiger partial charge in [-0.25, -0.2) is 0 Å². The minimum atomic E-state index is -4.13. The van der Waals surface area contributed by atoms with Crippen molar-refractivity contribution in [1.82, 2.24) is 5.32 Å². The Morgan fingerprint density at radius 2 is 2.05 bits per heavy atom. The maximum Gasteiger partial charge on any atom is 0.391 e. The minimum Gasteiger partial charge on any atom is -0.338 e. The Balaban J connectivity index is 1.92. The molecule has 1 saturated carbocycles. The molecule has 1 amide bonds. The van der Waals surface area contributed by atoms with Gasteiger partial charge in [-0.05, 0) is 43.0 Å². The summed E-state index contributed by atoms with van der Waals surface area (Å²) in [6.07, 6.45) is 2.26. The van der Waals surface area contributed by atoms with Crippen molar-refractivity contribution >= 4 is 17.2 Å². The summed E-state index contributed by atoms with van der Waals surface area (Å²) >= 11 is 1.40. The van der Waals surface area contributed by atoms with Gasteiger partial charge in [-0.2, -0.15) is 24.5 Å². The fraction of sp³-hybridized carbons (Fsp3) is 0.533. The standard InChI is InChI=1S/C15H16F3NOS/c1-2-13(19-14(20)11-7-8-21-9-11)10-3-5-12(6-4-10)15(16,17)18/h1,7-10,12-13H,3-6H2,(H,19,20)/t10?,12?,13-/m1/s1. The second-order valence-corrected chi connectivity index (χ2v) is 6.06. The van der Waals surface area contributed by atoms with Crippen molar-refractivity contribution in [3.05, 3.63) is 22.4 Å². The predicted molar refractivity (Wildman–Crippen MR) is 75.9 cm³/mol. The molecule has 0 bridgehead atoms. The summed E-state index contributed by atoms with van der Waals surface area (Å²) in [4.78, 5) is 12.0. The molecule has 1 aromatic rings. The number of alkyl halides is 3. The van der Waals surface area contributed by atoms with Crippen molar-refractivity contribution in [3.63, 3.8) is 0 Å². The van der Waals surface area contributed by atoms with Crippen LogP contribution in [0.3, 0.4) is 0 Å². The second kappa shape index (κ2) is 6.52. The summed E-state index contributed by atoms with van der Waals surface area (Å²) in [5, 5.41) is 6.24. The molecule has 0 aromatic carbocycles. The first-order valence-electron chi connectivity index (χ1n) is 6.77. The Kier molecular flexibility index (Phi) is 4.94. The molecule has 1 fully saturated rings. The molecule has 1 aliphatic carbocycles. The monoisotopic (exact) mass is 315 g/mol. The van der Waals surface area contributed by atoms with E-state index in [0.29, 0.717) is 18.4 Å². The number of carbonyl (C=O) groups excluding carboxylic acids is 1. The SMILES string of the molecule is C#C[C@@H](NC(=O)c1ccsc1)C1CCC(C(F)(F)F)CC1. The molecule has 0 aliphatic heterocycles. The molecule has 1 N–H and O–H groups in total. The van der Waals surface area contributed by atoms with E-state index in [0.717, 1.165) is 0 Å². The van der Waals surface area contributed by atoms with E-state index in [1.165, 1.54) is 11.3 Å². The van der Waals surface area contributed by atoms with Crippen LogP contribution in [0.2, 0.25) is 0 Å². The second-order valence-electron chi connectivity index (χ2n) is 5.28. The van der Waals surface area contributed by atoms with Crippen LogP contribution in [-0.4, -0.2) is 18.1 Å². The number of amides is 1. The Labute approximate surface area is 125 Å². The molecule has 0 saturated heterocycles. The lowest BCUT2D eigenvalue weighted by Crippen LogP contribution is -2.41. The average molecular weight is 315 g/mol. The third-order valence-corrected chi connectivity index (χ3v) is 4.64. The van der Waals surface area contributed by atoms with Crippen LogP contribution >= 0.6 is 11.3 Å². The molecule has 2 rings (SSSR count). The fourth-order valence-corrected chi connectivity index (χ4v) is 3.33. The van der Waals surface area contributed by atoms with E-state index in [2.05, 4.69) is 11.2 Å². The lowest BCUT2D eigenvalue weighted by atomic mass is 9.78. The summed E-state index contributed by atoms with van der Waals surface area (Å²) in [6.45, 7) is 0. The quantitative estimate of drug-likeness (QED) is 0.844. The predicted octanol–water partition coefficient (Wildman–Crippen LogP) is 3.85. The van der Waals surface area contributed by atoms with E-state index in [1.54, 1.807) is 16.8 Å². The van der Waals surface area contributed by atoms with E-state index in [1.807, 2.05) is 0 Å². The first kappa shape index (κ1) is 15.9. The van der Waals surface area contributed by atoms with E-state index in [-0.39, 0.29) is 24.7 Å². The van der Waals surface area contributed by atoms with Gasteiger partial charge in [0.1, 0.15) is 0 Å². The number of rotatable bonds is 3. The lowest BCUT2D eigenvalue weighted by Gasteiger charge is -2.32. The normalized spacial score (nSPS) is 24.1. The zero-order valence-electron chi connectivity index (χ0n) is 11.3. The zero-order chi connectivity index (χ0) is 15.5. The van der Waals surface area contributed by atoms with Gasteiger partial charge < -0.3 is 5.32 Å². The fourth-order valence-electron chi connectivity index (χ4n) is 2.69. The highest BCUT2D eigenvalue weighted by molar-refractivity contribution is 7.08. The highest BCUT2D eigenvalue weighted by Gasteiger charge is 2.42. The van der Waals surface area contributed by atoms with Gasteiger partial charge in [-0.15, -0.1) is 6.42 Å². The summed E-state index contributed by atoms with van der Waals surface area (Å²) < 4.78 is 37.9. The number of halogens is 3. The topological polar surface area (TPSA) is 29.1 Å². The number of nitrogens with one attached hydrogen (secondary N) is 1. The number of thiophene rings is 1. The summed E-state index contributed by atoms with van der Waals surface area (Å²) in [5.74, 6) is 0.919. The molecule has 21 heavy (non-hydrogen) atoms. The summed E-state index contributed by atoms with van der Waals surface area (Å²) in [5.41, 5.74) is 0.532. The molecular formula is C15H16F3NOS. The minimum absolute atomic E-state index is 0.0840. The van der Waals surface area contributed by atoms with Crippen LogP contribution in [0.1, 0.15) is 36.0 Å². The van der Waals surface area contributed by atoms with Gasteiger partial charge in [0, 0.05) is 5.38 Å². The van der Waals surface area contributed by atoms with Crippen molar-refractivity contribution in [3.8, 4) is 12.3 Å². The van der Waals surface area contributed by atoms with Gasteiger partial charge in [0.05, 0.1) is 17.5 Å². The van der Waals surface area contributed by atoms with Crippen LogP contribution in [0, 0.1) is 24.2 Å². The first-order chi connectivity index (χ1) is 9.91. The highest BCUT2D eigenvalue weighted by atomic mass is 32.1. The lowest BCUT2D eigenvalue weighted by molar-refractivity contribution is -0.184. The Hall–Kier alpha value is -1.48. The van der Waals surface area contributed by atoms with Gasteiger partial charge in [0.2, 0.25) is 0 Å². The third-order valence-electron chi connectivity index (χ3n) is 3.96. The van der Waals surface area contributed by atoms with E-state index < -0.39 is 18.1 Å². The van der Waals surface area contributed by atoms with E-state index in [4.69, 9.17) is 6.42 Å². The Morgan fingerprint density at radius 1 is 1.38 bits per heavy atom. The van der Waals surface area contributed by atoms with Crippen LogP contribution in [0.4, 0.5) is 13.2 Å². The van der Waals surface area contributed by atoms with Crippen molar-refractivity contribution in [2.24, 2.45) is 11.8 Å². The molecule has 1 aliphatic rings. The average Bonchev–Trinajstić information content (AvgIpc) is 2.98. The van der Waals surface area contributed by atoms with Crippen LogP contribution in [0.25, 0.3) is 0 Å². The van der Waals surface area contributed by atoms with Crippen molar-refractivity contribution in [2.45, 2.75) is 37.9 Å². The third kappa shape index (κ3) is 4.01. The maximum absolute atomic E-state index is 12.6. The van der Waals surface area contributed by atoms with Crippen LogP contribution in [-0.2, 0) is 0 Å². The number of carbonyl (C=O) groups is 1. The molecule has 1 heterocycles. The number of hydrogen-bond donors (Lipinski definition) is 1. The molecule has 1 atom stereocenters. The maximum atomic E-state index is 12.6. The van der Waals surface area contributed by atoms with Crippen molar-refractivity contribution < 1.29 is 18.0 Å². The molecule has 6 heteroatoms. The van der Waals surface area contributed by atoms with Gasteiger partial charge in [-0.1, -0.05) is 5.92 Å². The molecule has 0 spiro atoms. The van der Waals surface area contributed by atoms with Gasteiger partial charge in [0.25, 0.3) is 5.91 Å². The summed E-state index contributed by atoms with van der Waals surface area (Å²) in [6, 6.07) is 1.18. The molecule has 0 unspecified atom stereocenters. The van der Waals surface area contributed by atoms with Gasteiger partial charge in [0.15, 0.2) is 0 Å². The van der Waals surface area contributed by atoms with E-state index >= 15 is 0 Å². The molecule has 0 radical (unpaired) electrons. The largest absolute Gasteiger partial charge is 0.391 e. The van der Waals surface area contributed by atoms with Crippen LogP contribution in [0.15, 0.2) is 16.8 Å². The highest BCUT2D eigenvalue weighted by Crippen LogP contribution is 2.40. The van der Waals surface area contributed by atoms with Gasteiger partial charge >= 0.3 is 6.18 Å². The Morgan fingerprint density at radius 3 is 2.52 bits per heavy atom. The van der Waals surface area contributed by atoms with Gasteiger partial charge in [-0.3, -0.25) is 4.79 Å². The van der Waals surface area contributed by atoms with E-state index in [9.17, 15) is 18.0 Å². The number of hydrogen-bond acceptors (Lipinski definition) is 2. The number of terminal acetylenes is 1. The molecule has 1 aromatic heterocycles. The van der Waals surface area contributed by atoms with Crippen molar-refractivity contribution in [2.75, 3.05) is 0 Å². The summed E-state index contributed by atoms with van der Waals surface area (Å²) in [7, 11) is 0. The van der Waals surface area contributed by atoms with Crippen LogP contribution < -0.4 is 5.32 Å². The first-order valence-corrected chi connectivity index (χ1v) is 7.72. The Bertz CT molecular complexity index is 510. The molecular weight excluding hydrogens is 299 g/mol. The van der Waals surface area contributed by atoms with Crippen LogP contribution in [0.5, 0.6) is 0 Å².